The zero-order valence-corrected chi connectivity index (χ0v) is 14.9. The van der Waals surface area contributed by atoms with Crippen LogP contribution in [0.5, 0.6) is 5.75 Å². The molecule has 5 heteroatoms. The van der Waals surface area contributed by atoms with E-state index in [9.17, 15) is 10.1 Å². The van der Waals surface area contributed by atoms with Gasteiger partial charge in [-0.15, -0.1) is 0 Å². The van der Waals surface area contributed by atoms with Crippen LogP contribution >= 0.6 is 0 Å². The van der Waals surface area contributed by atoms with Gasteiger partial charge in [-0.3, -0.25) is 14.9 Å². The average Bonchev–Trinajstić information content (AvgIpc) is 2.97. The summed E-state index contributed by atoms with van der Waals surface area (Å²) in [4.78, 5) is 12.6. The van der Waals surface area contributed by atoms with Gasteiger partial charge in [-0.25, -0.2) is 0 Å². The molecule has 0 fully saturated rings. The first kappa shape index (κ1) is 17.3. The number of nitriles is 1. The molecule has 2 aromatic carbocycles. The van der Waals surface area contributed by atoms with Crippen LogP contribution in [0.1, 0.15) is 17.0 Å². The molecule has 0 aliphatic carbocycles. The van der Waals surface area contributed by atoms with Gasteiger partial charge in [-0.05, 0) is 48.9 Å². The molecule has 0 aliphatic heterocycles. The largest absolute Gasteiger partial charge is 0.496 e. The zero-order chi connectivity index (χ0) is 18.7. The fraction of sp³-hybridized carbons (Fsp3) is 0.143. The maximum atomic E-state index is 12.6. The minimum absolute atomic E-state index is 0.00662. The number of carbonyl (C=O) groups is 1. The molecule has 1 aromatic heterocycles. The minimum Gasteiger partial charge on any atom is -0.496 e. The van der Waals surface area contributed by atoms with Gasteiger partial charge < -0.3 is 4.74 Å². The predicted octanol–water partition coefficient (Wildman–Crippen LogP) is 3.94. The summed E-state index contributed by atoms with van der Waals surface area (Å²) >= 11 is 0. The second kappa shape index (κ2) is 7.16. The van der Waals surface area contributed by atoms with Crippen LogP contribution in [0.4, 0.5) is 0 Å². The van der Waals surface area contributed by atoms with E-state index in [2.05, 4.69) is 5.43 Å². The molecule has 5 nitrogen and oxygen atoms in total. The molecular weight excluding hydrogens is 326 g/mol. The van der Waals surface area contributed by atoms with Gasteiger partial charge in [0.15, 0.2) is 0 Å². The number of ether oxygens (including phenoxy) is 1. The molecule has 130 valence electrons. The van der Waals surface area contributed by atoms with Crippen LogP contribution < -0.4 is 10.2 Å². The van der Waals surface area contributed by atoms with Crippen molar-refractivity contribution in [2.24, 2.45) is 0 Å². The van der Waals surface area contributed by atoms with Crippen molar-refractivity contribution < 1.29 is 9.53 Å². The lowest BCUT2D eigenvalue weighted by atomic mass is 10.0. The van der Waals surface area contributed by atoms with Crippen LogP contribution in [0.25, 0.3) is 16.8 Å². The highest BCUT2D eigenvalue weighted by atomic mass is 16.5. The molecule has 0 atom stereocenters. The number of nitrogens with one attached hydrogen (secondary N) is 1. The monoisotopic (exact) mass is 345 g/mol. The number of hydrogen-bond acceptors (Lipinski definition) is 3. The summed E-state index contributed by atoms with van der Waals surface area (Å²) in [5, 5.41) is 11.5. The van der Waals surface area contributed by atoms with E-state index in [-0.39, 0.29) is 5.57 Å². The second-order valence-corrected chi connectivity index (χ2v) is 5.96. The number of carbonyl (C=O) groups excluding carboxylic acids is 1. The maximum Gasteiger partial charge on any atom is 0.280 e. The van der Waals surface area contributed by atoms with Crippen LogP contribution in [-0.2, 0) is 4.79 Å². The Morgan fingerprint density at radius 1 is 1.12 bits per heavy atom. The summed E-state index contributed by atoms with van der Waals surface area (Å²) in [6.45, 7) is 3.77. The van der Waals surface area contributed by atoms with E-state index in [1.807, 2.05) is 68.4 Å². The first-order valence-corrected chi connectivity index (χ1v) is 8.19. The molecule has 0 saturated heterocycles. The Bertz CT molecular complexity index is 1040. The molecule has 0 aliphatic rings. The third-order valence-corrected chi connectivity index (χ3v) is 4.29. The van der Waals surface area contributed by atoms with E-state index in [1.54, 1.807) is 17.9 Å². The van der Waals surface area contributed by atoms with Gasteiger partial charge in [0, 0.05) is 17.0 Å². The molecule has 1 heterocycles. The fourth-order valence-electron chi connectivity index (χ4n) is 2.90. The van der Waals surface area contributed by atoms with Crippen molar-refractivity contribution in [2.45, 2.75) is 13.8 Å². The summed E-state index contributed by atoms with van der Waals surface area (Å²) in [5.74, 6) is 0.141. The zero-order valence-electron chi connectivity index (χ0n) is 14.9. The number of aryl methyl sites for hydroxylation is 2. The highest BCUT2D eigenvalue weighted by Crippen LogP contribution is 2.30. The van der Waals surface area contributed by atoms with Crippen LogP contribution in [0.2, 0.25) is 0 Å². The molecule has 0 spiro atoms. The number of methoxy groups -OCH3 is 1. The molecular formula is C21H19N3O2. The molecule has 0 radical (unpaired) electrons. The third-order valence-electron chi connectivity index (χ3n) is 4.29. The predicted molar refractivity (Wildman–Crippen MR) is 102 cm³/mol. The van der Waals surface area contributed by atoms with Crippen molar-refractivity contribution >= 4 is 22.8 Å². The summed E-state index contributed by atoms with van der Waals surface area (Å²) in [5.41, 5.74) is 5.24. The molecule has 0 saturated carbocycles. The first-order valence-electron chi connectivity index (χ1n) is 8.19. The number of amides is 1. The topological polar surface area (TPSA) is 67.0 Å². The lowest BCUT2D eigenvalue weighted by molar-refractivity contribution is -0.113. The van der Waals surface area contributed by atoms with Crippen molar-refractivity contribution in [3.63, 3.8) is 0 Å². The molecule has 0 unspecified atom stereocenters. The molecule has 26 heavy (non-hydrogen) atoms. The Balaban J connectivity index is 2.06. The second-order valence-electron chi connectivity index (χ2n) is 5.96. The van der Waals surface area contributed by atoms with Gasteiger partial charge in [-0.1, -0.05) is 30.3 Å². The van der Waals surface area contributed by atoms with E-state index < -0.39 is 5.91 Å². The van der Waals surface area contributed by atoms with Crippen LogP contribution in [0, 0.1) is 25.2 Å². The van der Waals surface area contributed by atoms with Gasteiger partial charge in [0.25, 0.3) is 5.91 Å². The highest BCUT2D eigenvalue weighted by molar-refractivity contribution is 6.08. The Morgan fingerprint density at radius 2 is 1.81 bits per heavy atom. The van der Waals surface area contributed by atoms with Gasteiger partial charge in [0.2, 0.25) is 0 Å². The Kier molecular flexibility index (Phi) is 4.76. The maximum absolute atomic E-state index is 12.6. The van der Waals surface area contributed by atoms with Crippen LogP contribution in [0.15, 0.2) is 54.1 Å². The number of hydrogen-bond donors (Lipinski definition) is 1. The van der Waals surface area contributed by atoms with Crippen molar-refractivity contribution in [1.82, 2.24) is 4.68 Å². The first-order chi connectivity index (χ1) is 12.5. The van der Waals surface area contributed by atoms with E-state index in [4.69, 9.17) is 4.74 Å². The molecule has 3 aromatic rings. The van der Waals surface area contributed by atoms with Crippen molar-refractivity contribution in [3.8, 4) is 11.8 Å². The van der Waals surface area contributed by atoms with E-state index in [0.29, 0.717) is 11.3 Å². The number of rotatable bonds is 4. The van der Waals surface area contributed by atoms with Gasteiger partial charge in [-0.2, -0.15) is 5.26 Å². The molecule has 1 N–H and O–H groups in total. The number of aromatic nitrogens is 1. The van der Waals surface area contributed by atoms with Crippen LogP contribution in [-0.4, -0.2) is 17.7 Å². The number of benzene rings is 2. The SMILES string of the molecule is COc1ccc2ccccc2c1/C=C(\C#N)C(=O)Nn1c(C)ccc1C. The summed E-state index contributed by atoms with van der Waals surface area (Å²) in [6.07, 6.45) is 1.57. The van der Waals surface area contributed by atoms with Crippen molar-refractivity contribution in [1.29, 1.82) is 5.26 Å². The molecule has 1 amide bonds. The van der Waals surface area contributed by atoms with Gasteiger partial charge in [0.1, 0.15) is 17.4 Å². The van der Waals surface area contributed by atoms with Gasteiger partial charge in [0.05, 0.1) is 7.11 Å². The fourth-order valence-corrected chi connectivity index (χ4v) is 2.90. The van der Waals surface area contributed by atoms with E-state index >= 15 is 0 Å². The summed E-state index contributed by atoms with van der Waals surface area (Å²) in [6, 6.07) is 17.4. The Labute approximate surface area is 152 Å². The normalized spacial score (nSPS) is 11.2. The quantitative estimate of drug-likeness (QED) is 0.575. The lowest BCUT2D eigenvalue weighted by Gasteiger charge is -2.12. The molecule has 0 bridgehead atoms. The number of nitrogens with zero attached hydrogens (tertiary/aromatic N) is 2. The Hall–Kier alpha value is -3.52. The standard InChI is InChI=1S/C21H19N3O2/c1-14-8-9-15(2)24(14)23-21(25)17(13-22)12-19-18-7-5-4-6-16(18)10-11-20(19)26-3/h4-12H,1-3H3,(H,23,25)/b17-12+. The van der Waals surface area contributed by atoms with Crippen molar-refractivity contribution in [3.05, 3.63) is 71.1 Å². The highest BCUT2D eigenvalue weighted by Gasteiger charge is 2.14. The van der Waals surface area contributed by atoms with Crippen LogP contribution in [0.3, 0.4) is 0 Å². The smallest absolute Gasteiger partial charge is 0.280 e. The average molecular weight is 345 g/mol. The van der Waals surface area contributed by atoms with Gasteiger partial charge >= 0.3 is 0 Å². The van der Waals surface area contributed by atoms with E-state index in [1.165, 1.54) is 0 Å². The number of fused-ring (bicyclic) bond motifs is 1. The third kappa shape index (κ3) is 3.17. The lowest BCUT2D eigenvalue weighted by Crippen LogP contribution is -2.25. The van der Waals surface area contributed by atoms with Crippen molar-refractivity contribution in [2.75, 3.05) is 12.5 Å². The van der Waals surface area contributed by atoms with E-state index in [0.717, 1.165) is 22.2 Å². The summed E-state index contributed by atoms with van der Waals surface area (Å²) in [7, 11) is 1.57. The Morgan fingerprint density at radius 3 is 2.46 bits per heavy atom. The molecule has 3 rings (SSSR count). The minimum atomic E-state index is -0.468. The summed E-state index contributed by atoms with van der Waals surface area (Å²) < 4.78 is 7.09.